The zero-order valence-electron chi connectivity index (χ0n) is 15.6. The maximum atomic E-state index is 12.3. The van der Waals surface area contributed by atoms with Crippen molar-refractivity contribution in [3.8, 4) is 22.9 Å². The van der Waals surface area contributed by atoms with Crippen LogP contribution in [0.5, 0.6) is 11.5 Å². The van der Waals surface area contributed by atoms with Crippen molar-refractivity contribution in [1.82, 2.24) is 9.55 Å². The molecule has 0 spiro atoms. The first-order valence-electron chi connectivity index (χ1n) is 9.36. The van der Waals surface area contributed by atoms with E-state index in [4.69, 9.17) is 19.2 Å². The van der Waals surface area contributed by atoms with Crippen molar-refractivity contribution in [2.24, 2.45) is 0 Å². The Morgan fingerprint density at radius 3 is 2.89 bits per heavy atom. The Bertz CT molecular complexity index is 964. The third-order valence-electron chi connectivity index (χ3n) is 4.89. The molecule has 4 rings (SSSR count). The summed E-state index contributed by atoms with van der Waals surface area (Å²) in [5.41, 5.74) is 1.19. The number of rotatable bonds is 7. The Kier molecular flexibility index (Phi) is 5.04. The van der Waals surface area contributed by atoms with Crippen LogP contribution in [0.1, 0.15) is 41.2 Å². The Hall–Kier alpha value is -2.87. The number of pyridine rings is 2. The van der Waals surface area contributed by atoms with E-state index in [-0.39, 0.29) is 5.56 Å². The number of carbonyl (C=O) groups is 1. The zero-order valence-corrected chi connectivity index (χ0v) is 15.6. The van der Waals surface area contributed by atoms with Crippen LogP contribution in [0.25, 0.3) is 11.4 Å². The molecule has 148 valence electrons. The highest BCUT2D eigenvalue weighted by Gasteiger charge is 2.31. The number of methoxy groups -OCH3 is 1. The molecule has 0 atom stereocenters. The molecule has 1 aliphatic heterocycles. The summed E-state index contributed by atoms with van der Waals surface area (Å²) >= 11 is 0. The number of aromatic nitrogens is 2. The molecule has 0 aromatic carbocycles. The molecule has 0 saturated heterocycles. The molecule has 0 radical (unpaired) electrons. The minimum Gasteiger partial charge on any atom is -0.491 e. The third kappa shape index (κ3) is 3.60. The molecule has 0 bridgehead atoms. The second kappa shape index (κ2) is 7.63. The van der Waals surface area contributed by atoms with Crippen molar-refractivity contribution in [3.63, 3.8) is 0 Å². The zero-order chi connectivity index (χ0) is 19.7. The van der Waals surface area contributed by atoms with Crippen LogP contribution in [0.3, 0.4) is 0 Å². The van der Waals surface area contributed by atoms with Gasteiger partial charge in [-0.25, -0.2) is 9.78 Å². The number of carboxylic acids is 1. The van der Waals surface area contributed by atoms with Crippen molar-refractivity contribution in [2.45, 2.75) is 31.7 Å². The van der Waals surface area contributed by atoms with Gasteiger partial charge in [-0.2, -0.15) is 0 Å². The standard InChI is InChI=1S/C20H22N2O6/c1-26-6-2-7-27-16-10-17-19(21-18(16)12-3-4-12)14-9-15(23)13(20(24)25)11-22(14)5-8-28-17/h9-12H,2-8H2,1H3,(H,24,25). The lowest BCUT2D eigenvalue weighted by Crippen LogP contribution is -2.19. The first kappa shape index (κ1) is 18.5. The number of carboxylic acid groups (broad SMARTS) is 1. The molecule has 3 heterocycles. The fraction of sp³-hybridized carbons (Fsp3) is 0.450. The summed E-state index contributed by atoms with van der Waals surface area (Å²) in [6.07, 6.45) is 4.23. The van der Waals surface area contributed by atoms with E-state index >= 15 is 0 Å². The summed E-state index contributed by atoms with van der Waals surface area (Å²) in [6.45, 7) is 1.91. The van der Waals surface area contributed by atoms with Crippen molar-refractivity contribution < 1.29 is 24.1 Å². The van der Waals surface area contributed by atoms with Crippen LogP contribution in [0.2, 0.25) is 0 Å². The van der Waals surface area contributed by atoms with Crippen LogP contribution in [-0.4, -0.2) is 47.6 Å². The van der Waals surface area contributed by atoms with Crippen LogP contribution >= 0.6 is 0 Å². The van der Waals surface area contributed by atoms with Gasteiger partial charge in [0.1, 0.15) is 23.6 Å². The van der Waals surface area contributed by atoms with E-state index in [1.54, 1.807) is 11.7 Å². The molecule has 8 heteroatoms. The van der Waals surface area contributed by atoms with Gasteiger partial charge in [0, 0.05) is 44.4 Å². The van der Waals surface area contributed by atoms with Crippen molar-refractivity contribution >= 4 is 5.97 Å². The molecular formula is C20H22N2O6. The van der Waals surface area contributed by atoms with Gasteiger partial charge in [-0.1, -0.05) is 0 Å². The van der Waals surface area contributed by atoms with Crippen molar-refractivity contribution in [3.05, 3.63) is 39.8 Å². The Morgan fingerprint density at radius 1 is 1.36 bits per heavy atom. The second-order valence-electron chi connectivity index (χ2n) is 6.97. The maximum Gasteiger partial charge on any atom is 0.341 e. The lowest BCUT2D eigenvalue weighted by Gasteiger charge is -2.15. The van der Waals surface area contributed by atoms with Gasteiger partial charge < -0.3 is 23.9 Å². The highest BCUT2D eigenvalue weighted by atomic mass is 16.5. The Balaban J connectivity index is 1.76. The first-order valence-corrected chi connectivity index (χ1v) is 9.36. The summed E-state index contributed by atoms with van der Waals surface area (Å²) in [5, 5.41) is 9.23. The number of hydrogen-bond donors (Lipinski definition) is 1. The summed E-state index contributed by atoms with van der Waals surface area (Å²) < 4.78 is 18.6. The summed E-state index contributed by atoms with van der Waals surface area (Å²) in [7, 11) is 1.66. The highest BCUT2D eigenvalue weighted by molar-refractivity contribution is 5.87. The minimum absolute atomic E-state index is 0.257. The fourth-order valence-electron chi connectivity index (χ4n) is 3.31. The predicted octanol–water partition coefficient (Wildman–Crippen LogP) is 2.29. The quantitative estimate of drug-likeness (QED) is 0.729. The van der Waals surface area contributed by atoms with E-state index in [2.05, 4.69) is 0 Å². The SMILES string of the molecule is COCCCOc1cc2c(nc1C1CC1)-c1cc(=O)c(C(=O)O)cn1CCO2. The molecule has 1 aliphatic carbocycles. The Morgan fingerprint density at radius 2 is 2.18 bits per heavy atom. The normalized spacial score (nSPS) is 15.2. The first-order chi connectivity index (χ1) is 13.6. The van der Waals surface area contributed by atoms with Gasteiger partial charge in [-0.05, 0) is 12.8 Å². The molecule has 2 aromatic heterocycles. The third-order valence-corrected chi connectivity index (χ3v) is 4.89. The molecule has 28 heavy (non-hydrogen) atoms. The van der Waals surface area contributed by atoms with Gasteiger partial charge in [-0.3, -0.25) is 4.79 Å². The number of ether oxygens (including phenoxy) is 3. The largest absolute Gasteiger partial charge is 0.491 e. The smallest absolute Gasteiger partial charge is 0.341 e. The van der Waals surface area contributed by atoms with Gasteiger partial charge in [-0.15, -0.1) is 0 Å². The number of aromatic carboxylic acids is 1. The molecule has 2 aliphatic rings. The molecule has 1 N–H and O–H groups in total. The number of nitrogens with zero attached hydrogens (tertiary/aromatic N) is 2. The topological polar surface area (TPSA) is 99.9 Å². The minimum atomic E-state index is -1.24. The molecule has 0 unspecified atom stereocenters. The van der Waals surface area contributed by atoms with Crippen molar-refractivity contribution in [2.75, 3.05) is 26.9 Å². The van der Waals surface area contributed by atoms with E-state index in [9.17, 15) is 14.7 Å². The lowest BCUT2D eigenvalue weighted by atomic mass is 10.1. The molecular weight excluding hydrogens is 364 g/mol. The van der Waals surface area contributed by atoms with Crippen LogP contribution in [0.15, 0.2) is 23.1 Å². The van der Waals surface area contributed by atoms with E-state index < -0.39 is 11.4 Å². The second-order valence-corrected chi connectivity index (χ2v) is 6.97. The van der Waals surface area contributed by atoms with E-state index in [1.807, 2.05) is 6.07 Å². The van der Waals surface area contributed by atoms with E-state index in [1.165, 1.54) is 12.3 Å². The van der Waals surface area contributed by atoms with Crippen LogP contribution in [-0.2, 0) is 11.3 Å². The molecule has 1 fully saturated rings. The number of fused-ring (bicyclic) bond motifs is 3. The van der Waals surface area contributed by atoms with Crippen LogP contribution in [0, 0.1) is 0 Å². The monoisotopic (exact) mass is 386 g/mol. The van der Waals surface area contributed by atoms with Crippen LogP contribution in [0.4, 0.5) is 0 Å². The fourth-order valence-corrected chi connectivity index (χ4v) is 3.31. The Labute approximate surface area is 161 Å². The summed E-state index contributed by atoms with van der Waals surface area (Å²) in [4.78, 5) is 28.4. The summed E-state index contributed by atoms with van der Waals surface area (Å²) in [6, 6.07) is 3.17. The van der Waals surface area contributed by atoms with Gasteiger partial charge in [0.25, 0.3) is 0 Å². The highest BCUT2D eigenvalue weighted by Crippen LogP contribution is 2.46. The van der Waals surface area contributed by atoms with Gasteiger partial charge in [0.05, 0.1) is 24.5 Å². The molecule has 8 nitrogen and oxygen atoms in total. The van der Waals surface area contributed by atoms with E-state index in [0.717, 1.165) is 25.0 Å². The molecule has 2 aromatic rings. The van der Waals surface area contributed by atoms with Gasteiger partial charge in [0.2, 0.25) is 0 Å². The molecule has 0 amide bonds. The summed E-state index contributed by atoms with van der Waals surface area (Å²) in [5.74, 6) is 0.344. The van der Waals surface area contributed by atoms with Gasteiger partial charge >= 0.3 is 5.97 Å². The van der Waals surface area contributed by atoms with E-state index in [0.29, 0.717) is 55.2 Å². The number of hydrogen-bond acceptors (Lipinski definition) is 6. The average Bonchev–Trinajstić information content (AvgIpc) is 3.51. The molecule has 1 saturated carbocycles. The van der Waals surface area contributed by atoms with Crippen molar-refractivity contribution in [1.29, 1.82) is 0 Å². The lowest BCUT2D eigenvalue weighted by molar-refractivity contribution is 0.0694. The van der Waals surface area contributed by atoms with Crippen LogP contribution < -0.4 is 14.9 Å². The van der Waals surface area contributed by atoms with Gasteiger partial charge in [0.15, 0.2) is 11.2 Å². The average molecular weight is 386 g/mol. The maximum absolute atomic E-state index is 12.3. The predicted molar refractivity (Wildman–Crippen MR) is 100 cm³/mol.